The molecule has 1 atom stereocenters. The smallest absolute Gasteiger partial charge is 0.130 e. The lowest BCUT2D eigenvalue weighted by molar-refractivity contribution is 1.17. The molecule has 2 aromatic rings. The molecular weight excluding hydrogens is 243 g/mol. The third kappa shape index (κ3) is 3.27. The van der Waals surface area contributed by atoms with Crippen LogP contribution in [-0.2, 0) is 5.79 Å². The lowest BCUT2D eigenvalue weighted by Gasteiger charge is -2.14. The van der Waals surface area contributed by atoms with Gasteiger partial charge in [0.2, 0.25) is 0 Å². The molecule has 1 aromatic heterocycles. The lowest BCUT2D eigenvalue weighted by Crippen LogP contribution is -2.20. The maximum atomic E-state index is 4.74. The molecule has 0 N–H and O–H groups in total. The van der Waals surface area contributed by atoms with E-state index in [9.17, 15) is 0 Å². The average molecular weight is 262 g/mol. The summed E-state index contributed by atoms with van der Waals surface area (Å²) in [6.45, 7) is 9.22. The zero-order chi connectivity index (χ0) is 12.5. The van der Waals surface area contributed by atoms with E-state index >= 15 is 0 Å². The highest BCUT2D eigenvalue weighted by atomic mass is 31.1. The number of nitrogens with zero attached hydrogens (tertiary/aromatic N) is 2. The van der Waals surface area contributed by atoms with Gasteiger partial charge in [0.15, 0.2) is 0 Å². The summed E-state index contributed by atoms with van der Waals surface area (Å²) in [5, 5.41) is 0. The number of hydrogen-bond donors (Lipinski definition) is 0. The number of rotatable bonds is 3. The molecule has 0 spiro atoms. The molecule has 0 amide bonds. The van der Waals surface area contributed by atoms with Gasteiger partial charge in [0.25, 0.3) is 0 Å². The first kappa shape index (κ1) is 12.5. The summed E-state index contributed by atoms with van der Waals surface area (Å²) in [5.41, 5.74) is 2.47. The largest absolute Gasteiger partial charge is 0.227 e. The van der Waals surface area contributed by atoms with E-state index in [0.717, 1.165) is 5.82 Å². The number of benzene rings is 1. The monoisotopic (exact) mass is 262 g/mol. The van der Waals surface area contributed by atoms with Crippen LogP contribution in [0.15, 0.2) is 30.3 Å². The van der Waals surface area contributed by atoms with Crippen LogP contribution in [0.1, 0.15) is 5.82 Å². The highest BCUT2D eigenvalue weighted by Crippen LogP contribution is 2.40. The molecule has 2 nitrogen and oxygen atoms in total. The molecule has 1 heterocycles. The minimum Gasteiger partial charge on any atom is -0.227 e. The second-order valence-corrected chi connectivity index (χ2v) is 13.4. The summed E-state index contributed by atoms with van der Waals surface area (Å²) >= 11 is 0. The van der Waals surface area contributed by atoms with Gasteiger partial charge in [0, 0.05) is 5.56 Å². The van der Waals surface area contributed by atoms with Crippen LogP contribution in [0.3, 0.4) is 0 Å². The predicted molar refractivity (Wildman–Crippen MR) is 78.3 cm³/mol. The summed E-state index contributed by atoms with van der Waals surface area (Å²) in [4.78, 5) is 4.64. The molecule has 0 aliphatic rings. The summed E-state index contributed by atoms with van der Waals surface area (Å²) in [5.74, 6) is 2.20. The van der Waals surface area contributed by atoms with Gasteiger partial charge in [-0.2, -0.15) is 0 Å². The molecule has 90 valence electrons. The van der Waals surface area contributed by atoms with Crippen molar-refractivity contribution in [1.29, 1.82) is 0 Å². The number of aromatic nitrogens is 2. The van der Waals surface area contributed by atoms with Gasteiger partial charge in [-0.1, -0.05) is 50.0 Å². The van der Waals surface area contributed by atoms with E-state index in [2.05, 4.69) is 48.9 Å². The van der Waals surface area contributed by atoms with Crippen LogP contribution in [-0.4, -0.2) is 17.8 Å². The Bertz CT molecular complexity index is 500. The van der Waals surface area contributed by atoms with Gasteiger partial charge in [-0.3, -0.25) is 0 Å². The van der Waals surface area contributed by atoms with Crippen molar-refractivity contribution in [3.8, 4) is 11.0 Å². The van der Waals surface area contributed by atoms with Crippen LogP contribution < -0.4 is 0 Å². The Morgan fingerprint density at radius 1 is 1.12 bits per heavy atom. The van der Waals surface area contributed by atoms with E-state index in [1.54, 1.807) is 0 Å². The molecule has 4 heteroatoms. The van der Waals surface area contributed by atoms with Gasteiger partial charge in [-0.05, 0) is 20.4 Å². The Labute approximate surface area is 105 Å². The highest BCUT2D eigenvalue weighted by Gasteiger charge is 2.19. The van der Waals surface area contributed by atoms with Crippen LogP contribution in [0.25, 0.3) is 11.0 Å². The van der Waals surface area contributed by atoms with Crippen molar-refractivity contribution in [2.75, 3.05) is 0 Å². The highest BCUT2D eigenvalue weighted by molar-refractivity contribution is 7.51. The average Bonchev–Trinajstić information content (AvgIpc) is 2.58. The molecule has 17 heavy (non-hydrogen) atoms. The Hall–Kier alpha value is -0.923. The molecule has 0 aliphatic heterocycles. The minimum atomic E-state index is -1.09. The van der Waals surface area contributed by atoms with Crippen molar-refractivity contribution >= 4 is 15.8 Å². The zero-order valence-corrected chi connectivity index (χ0v) is 12.8. The minimum absolute atomic E-state index is 0.413. The standard InChI is InChI=1S/C13H19N2PSi/c1-11-14-13(12-8-6-5-7-9-12)16(15-11)10-17(2,3)4/h5-9H,10H2,1-4H3. The van der Waals surface area contributed by atoms with Crippen LogP contribution in [0.2, 0.25) is 19.6 Å². The van der Waals surface area contributed by atoms with Crippen molar-refractivity contribution in [1.82, 2.24) is 9.73 Å². The predicted octanol–water partition coefficient (Wildman–Crippen LogP) is 4.32. The lowest BCUT2D eigenvalue weighted by atomic mass is 10.2. The fourth-order valence-corrected chi connectivity index (χ4v) is 7.49. The van der Waals surface area contributed by atoms with E-state index in [4.69, 9.17) is 4.75 Å². The van der Waals surface area contributed by atoms with Gasteiger partial charge in [-0.25, -0.2) is 9.73 Å². The second kappa shape index (κ2) is 4.75. The molecular formula is C13H19N2PSi. The maximum Gasteiger partial charge on any atom is 0.130 e. The van der Waals surface area contributed by atoms with E-state index < -0.39 is 15.8 Å². The Kier molecular flexibility index (Phi) is 3.50. The van der Waals surface area contributed by atoms with E-state index in [0.29, 0.717) is 0 Å². The van der Waals surface area contributed by atoms with Crippen LogP contribution in [0.5, 0.6) is 0 Å². The SMILES string of the molecule is Cc1nc(-c2ccccc2)p(C[Si](C)(C)C)n1. The van der Waals surface area contributed by atoms with Gasteiger partial charge >= 0.3 is 0 Å². The van der Waals surface area contributed by atoms with E-state index in [-0.39, 0.29) is 0 Å². The molecule has 0 saturated carbocycles. The maximum absolute atomic E-state index is 4.74. The Morgan fingerprint density at radius 2 is 1.76 bits per heavy atom. The summed E-state index contributed by atoms with van der Waals surface area (Å²) in [7, 11) is -1.50. The zero-order valence-electron chi connectivity index (χ0n) is 10.9. The van der Waals surface area contributed by atoms with Crippen LogP contribution in [0, 0.1) is 6.92 Å². The van der Waals surface area contributed by atoms with Gasteiger partial charge in [0.05, 0.1) is 8.07 Å². The van der Waals surface area contributed by atoms with Crippen molar-refractivity contribution in [2.45, 2.75) is 32.3 Å². The number of hydrogen-bond acceptors (Lipinski definition) is 2. The molecule has 0 saturated heterocycles. The van der Waals surface area contributed by atoms with Gasteiger partial charge in [0.1, 0.15) is 11.3 Å². The molecule has 0 aliphatic carbocycles. The van der Waals surface area contributed by atoms with Crippen molar-refractivity contribution in [3.63, 3.8) is 0 Å². The summed E-state index contributed by atoms with van der Waals surface area (Å²) in [6, 6.07) is 10.5. The third-order valence-electron chi connectivity index (χ3n) is 2.43. The normalized spacial score (nSPS) is 12.8. The van der Waals surface area contributed by atoms with Gasteiger partial charge in [-0.15, -0.1) is 0 Å². The first-order valence-electron chi connectivity index (χ1n) is 5.92. The fraction of sp³-hybridized carbons (Fsp3) is 0.385. The van der Waals surface area contributed by atoms with Crippen molar-refractivity contribution in [3.05, 3.63) is 36.2 Å². The van der Waals surface area contributed by atoms with E-state index in [1.165, 1.54) is 16.8 Å². The van der Waals surface area contributed by atoms with Crippen LogP contribution >= 0.6 is 7.69 Å². The first-order chi connectivity index (χ1) is 7.96. The molecule has 0 bridgehead atoms. The molecule has 1 aromatic carbocycles. The summed E-state index contributed by atoms with van der Waals surface area (Å²) in [6.07, 6.45) is 0. The van der Waals surface area contributed by atoms with E-state index in [1.807, 2.05) is 13.0 Å². The third-order valence-corrected chi connectivity index (χ3v) is 8.80. The molecule has 0 radical (unpaired) electrons. The van der Waals surface area contributed by atoms with Crippen molar-refractivity contribution < 1.29 is 0 Å². The fourth-order valence-electron chi connectivity index (χ4n) is 1.82. The Balaban J connectivity index is 2.41. The quantitative estimate of drug-likeness (QED) is 0.770. The first-order valence-corrected chi connectivity index (χ1v) is 11.1. The number of aryl methyl sites for hydroxylation is 1. The second-order valence-electron chi connectivity index (χ2n) is 5.57. The van der Waals surface area contributed by atoms with Crippen LogP contribution in [0.4, 0.5) is 0 Å². The van der Waals surface area contributed by atoms with Crippen molar-refractivity contribution in [2.24, 2.45) is 0 Å². The summed E-state index contributed by atoms with van der Waals surface area (Å²) < 4.78 is 4.74. The topological polar surface area (TPSA) is 25.8 Å². The molecule has 2 rings (SSSR count). The Morgan fingerprint density at radius 3 is 2.35 bits per heavy atom. The molecule has 0 fully saturated rings. The molecule has 1 unspecified atom stereocenters. The van der Waals surface area contributed by atoms with Gasteiger partial charge < -0.3 is 0 Å².